The number of pyridine rings is 3. The number of piperidine rings is 1. The summed E-state index contributed by atoms with van der Waals surface area (Å²) in [6, 6.07) is 10.5. The highest BCUT2D eigenvalue weighted by Crippen LogP contribution is 2.29. The molecule has 0 bridgehead atoms. The number of carbonyl (C=O) groups excluding carboxylic acids is 1. The minimum absolute atomic E-state index is 0.0567. The molecule has 176 valence electrons. The van der Waals surface area contributed by atoms with Crippen LogP contribution in [0.3, 0.4) is 0 Å². The van der Waals surface area contributed by atoms with Crippen molar-refractivity contribution >= 4 is 23.3 Å². The SMILES string of the molecule is O=C1COC2(CCN(c3ccc(-n4ccc(OCc5ccc(Cl)cn5)cc4=O)cn3)CC2)CN1. The third-order valence-corrected chi connectivity index (χ3v) is 6.42. The van der Waals surface area contributed by atoms with Gasteiger partial charge < -0.3 is 19.7 Å². The standard InChI is InChI=1S/C24H24ClN5O4/c25-17-1-2-18(26-12-17)14-33-20-5-8-30(23(32)11-20)19-3-4-21(27-13-19)29-9-6-24(7-10-29)16-28-22(31)15-34-24/h1-5,8,11-13H,6-7,9-10,14-16H2,(H,28,31). The largest absolute Gasteiger partial charge is 0.487 e. The van der Waals surface area contributed by atoms with Gasteiger partial charge in [0.15, 0.2) is 0 Å². The Morgan fingerprint density at radius 1 is 1.09 bits per heavy atom. The van der Waals surface area contributed by atoms with Crippen molar-refractivity contribution in [3.8, 4) is 11.4 Å². The van der Waals surface area contributed by atoms with E-state index in [4.69, 9.17) is 21.1 Å². The molecule has 0 aromatic carbocycles. The van der Waals surface area contributed by atoms with Crippen LogP contribution in [-0.4, -0.2) is 52.3 Å². The van der Waals surface area contributed by atoms with Crippen molar-refractivity contribution < 1.29 is 14.3 Å². The average molecular weight is 482 g/mol. The lowest BCUT2D eigenvalue weighted by Crippen LogP contribution is -2.57. The smallest absolute Gasteiger partial charge is 0.258 e. The molecule has 1 amide bonds. The van der Waals surface area contributed by atoms with Crippen molar-refractivity contribution in [1.29, 1.82) is 0 Å². The molecule has 2 fully saturated rings. The van der Waals surface area contributed by atoms with Crippen molar-refractivity contribution in [1.82, 2.24) is 19.9 Å². The van der Waals surface area contributed by atoms with Gasteiger partial charge in [0, 0.05) is 38.1 Å². The summed E-state index contributed by atoms with van der Waals surface area (Å²) in [4.78, 5) is 35.0. The maximum absolute atomic E-state index is 12.6. The lowest BCUT2D eigenvalue weighted by Gasteiger charge is -2.44. The van der Waals surface area contributed by atoms with Gasteiger partial charge in [-0.3, -0.25) is 19.1 Å². The Morgan fingerprint density at radius 3 is 2.59 bits per heavy atom. The first-order valence-corrected chi connectivity index (χ1v) is 11.5. The summed E-state index contributed by atoms with van der Waals surface area (Å²) >= 11 is 5.84. The van der Waals surface area contributed by atoms with Crippen LogP contribution in [0, 0.1) is 0 Å². The molecule has 10 heteroatoms. The van der Waals surface area contributed by atoms with Crippen molar-refractivity contribution in [3.05, 3.63) is 76.1 Å². The molecule has 0 radical (unpaired) electrons. The fourth-order valence-corrected chi connectivity index (χ4v) is 4.28. The number of hydrogen-bond donors (Lipinski definition) is 1. The minimum atomic E-state index is -0.273. The van der Waals surface area contributed by atoms with Gasteiger partial charge in [0.1, 0.15) is 24.8 Å². The molecule has 9 nitrogen and oxygen atoms in total. The zero-order valence-corrected chi connectivity index (χ0v) is 19.2. The third-order valence-electron chi connectivity index (χ3n) is 6.19. The molecule has 0 saturated carbocycles. The van der Waals surface area contributed by atoms with E-state index in [0.717, 1.165) is 37.4 Å². The summed E-state index contributed by atoms with van der Waals surface area (Å²) < 4.78 is 13.0. The molecular weight excluding hydrogens is 458 g/mol. The number of aromatic nitrogens is 3. The summed E-state index contributed by atoms with van der Waals surface area (Å²) in [7, 11) is 0. The van der Waals surface area contributed by atoms with Crippen LogP contribution in [0.5, 0.6) is 5.75 Å². The van der Waals surface area contributed by atoms with Crippen molar-refractivity contribution in [3.63, 3.8) is 0 Å². The number of carbonyl (C=O) groups is 1. The first-order valence-electron chi connectivity index (χ1n) is 11.1. The highest BCUT2D eigenvalue weighted by molar-refractivity contribution is 6.30. The molecule has 2 aliphatic rings. The van der Waals surface area contributed by atoms with Gasteiger partial charge in [-0.1, -0.05) is 11.6 Å². The summed E-state index contributed by atoms with van der Waals surface area (Å²) in [5, 5.41) is 3.46. The zero-order valence-electron chi connectivity index (χ0n) is 18.4. The molecule has 5 heterocycles. The van der Waals surface area contributed by atoms with E-state index in [1.165, 1.54) is 10.6 Å². The van der Waals surface area contributed by atoms with E-state index < -0.39 is 0 Å². The van der Waals surface area contributed by atoms with Gasteiger partial charge in [0.2, 0.25) is 5.91 Å². The fourth-order valence-electron chi connectivity index (χ4n) is 4.17. The van der Waals surface area contributed by atoms with Gasteiger partial charge in [0.05, 0.1) is 28.2 Å². The average Bonchev–Trinajstić information content (AvgIpc) is 2.86. The Hall–Kier alpha value is -3.43. The van der Waals surface area contributed by atoms with Gasteiger partial charge in [-0.25, -0.2) is 4.98 Å². The molecule has 3 aromatic rings. The molecule has 5 rings (SSSR count). The molecular formula is C24H24ClN5O4. The highest BCUT2D eigenvalue weighted by atomic mass is 35.5. The Labute approximate surface area is 201 Å². The summed E-state index contributed by atoms with van der Waals surface area (Å²) in [5.74, 6) is 1.26. The summed E-state index contributed by atoms with van der Waals surface area (Å²) in [6.45, 7) is 2.51. The molecule has 0 atom stereocenters. The van der Waals surface area contributed by atoms with E-state index in [9.17, 15) is 9.59 Å². The predicted molar refractivity (Wildman–Crippen MR) is 127 cm³/mol. The highest BCUT2D eigenvalue weighted by Gasteiger charge is 2.39. The van der Waals surface area contributed by atoms with Crippen LogP contribution in [0.2, 0.25) is 5.02 Å². The number of nitrogens with zero attached hydrogens (tertiary/aromatic N) is 4. The van der Waals surface area contributed by atoms with Crippen LogP contribution in [0.1, 0.15) is 18.5 Å². The predicted octanol–water partition coefficient (Wildman–Crippen LogP) is 2.35. The van der Waals surface area contributed by atoms with Gasteiger partial charge in [0.25, 0.3) is 5.56 Å². The van der Waals surface area contributed by atoms with Gasteiger partial charge in [-0.2, -0.15) is 0 Å². The molecule has 2 saturated heterocycles. The van der Waals surface area contributed by atoms with Gasteiger partial charge in [-0.15, -0.1) is 0 Å². The molecule has 1 spiro atoms. The molecule has 0 unspecified atom stereocenters. The number of nitrogens with one attached hydrogen (secondary N) is 1. The first kappa shape index (κ1) is 22.4. The first-order chi connectivity index (χ1) is 16.5. The van der Waals surface area contributed by atoms with Gasteiger partial charge in [-0.05, 0) is 43.2 Å². The minimum Gasteiger partial charge on any atom is -0.487 e. The van der Waals surface area contributed by atoms with E-state index in [1.807, 2.05) is 12.1 Å². The maximum Gasteiger partial charge on any atom is 0.258 e. The molecule has 1 N–H and O–H groups in total. The Kier molecular flexibility index (Phi) is 6.21. The quantitative estimate of drug-likeness (QED) is 0.597. The molecule has 2 aliphatic heterocycles. The number of anilines is 1. The number of hydrogen-bond acceptors (Lipinski definition) is 7. The Morgan fingerprint density at radius 2 is 1.94 bits per heavy atom. The zero-order chi connectivity index (χ0) is 23.5. The Bertz CT molecular complexity index is 1210. The van der Waals surface area contributed by atoms with Crippen LogP contribution < -0.4 is 20.5 Å². The van der Waals surface area contributed by atoms with E-state index in [1.54, 1.807) is 36.8 Å². The van der Waals surface area contributed by atoms with Crippen molar-refractivity contribution in [2.75, 3.05) is 31.1 Å². The van der Waals surface area contributed by atoms with Crippen LogP contribution in [0.15, 0.2) is 59.8 Å². The van der Waals surface area contributed by atoms with Gasteiger partial charge >= 0.3 is 0 Å². The van der Waals surface area contributed by atoms with Crippen molar-refractivity contribution in [2.24, 2.45) is 0 Å². The number of morpholine rings is 1. The summed E-state index contributed by atoms with van der Waals surface area (Å²) in [5.41, 5.74) is 0.904. The summed E-state index contributed by atoms with van der Waals surface area (Å²) in [6.07, 6.45) is 6.56. The number of rotatable bonds is 5. The second-order valence-corrected chi connectivity index (χ2v) is 8.87. The van der Waals surface area contributed by atoms with E-state index >= 15 is 0 Å². The van der Waals surface area contributed by atoms with E-state index in [0.29, 0.717) is 23.0 Å². The normalized spacial score (nSPS) is 17.4. The Balaban J connectivity index is 1.21. The number of ether oxygens (including phenoxy) is 2. The third kappa shape index (κ3) is 4.90. The van der Waals surface area contributed by atoms with Crippen LogP contribution in [0.25, 0.3) is 5.69 Å². The lowest BCUT2D eigenvalue weighted by atomic mass is 9.90. The molecule has 0 aliphatic carbocycles. The fraction of sp³-hybridized carbons (Fsp3) is 0.333. The van der Waals surface area contributed by atoms with Crippen LogP contribution in [0.4, 0.5) is 5.82 Å². The van der Waals surface area contributed by atoms with E-state index in [2.05, 4.69) is 20.2 Å². The number of halogens is 1. The second kappa shape index (κ2) is 9.44. The molecule has 3 aromatic heterocycles. The monoisotopic (exact) mass is 481 g/mol. The maximum atomic E-state index is 12.6. The lowest BCUT2D eigenvalue weighted by molar-refractivity contribution is -0.146. The second-order valence-electron chi connectivity index (χ2n) is 8.44. The van der Waals surface area contributed by atoms with Crippen LogP contribution in [-0.2, 0) is 16.1 Å². The van der Waals surface area contributed by atoms with E-state index in [-0.39, 0.29) is 30.3 Å². The number of amides is 1. The topological polar surface area (TPSA) is 98.6 Å². The van der Waals surface area contributed by atoms with Crippen molar-refractivity contribution in [2.45, 2.75) is 25.0 Å². The van der Waals surface area contributed by atoms with Crippen LogP contribution >= 0.6 is 11.6 Å². The molecule has 34 heavy (non-hydrogen) atoms.